The van der Waals surface area contributed by atoms with Crippen LogP contribution in [0.25, 0.3) is 0 Å². The van der Waals surface area contributed by atoms with Gasteiger partial charge in [-0.05, 0) is 0 Å². The van der Waals surface area contributed by atoms with Crippen LogP contribution in [0.2, 0.25) is 0 Å². The Labute approximate surface area is 351 Å². The van der Waals surface area contributed by atoms with Gasteiger partial charge in [-0.15, -0.1) is 0 Å². The maximum atomic E-state index is 7.09. The average molecular weight is 869 g/mol. The molecule has 0 saturated heterocycles. The molecule has 0 aliphatic heterocycles. The van der Waals surface area contributed by atoms with Crippen molar-refractivity contribution in [3.8, 4) is 0 Å². The Morgan fingerprint density at radius 3 is 0.351 bits per heavy atom. The molecule has 0 atom stereocenters. The second-order valence-corrected chi connectivity index (χ2v) is 19.7. The predicted octanol–water partition coefficient (Wildman–Crippen LogP) is 9.41. The van der Waals surface area contributed by atoms with Crippen LogP contribution in [0.15, 0.2) is 0 Å². The van der Waals surface area contributed by atoms with E-state index in [1.807, 2.05) is 0 Å². The van der Waals surface area contributed by atoms with Crippen molar-refractivity contribution in [1.29, 1.82) is 0 Å². The van der Waals surface area contributed by atoms with Gasteiger partial charge in [0.2, 0.25) is 0 Å². The van der Waals surface area contributed by atoms with E-state index in [0.717, 1.165) is 0 Å². The molecule has 0 aliphatic rings. The first-order valence-electron chi connectivity index (χ1n) is 20.8. The zero-order chi connectivity index (χ0) is 44.7. The monoisotopic (exact) mass is 869 g/mol. The molecule has 0 N–H and O–H groups in total. The predicted molar refractivity (Wildman–Crippen MR) is 210 cm³/mol. The standard InChI is InChI=1S/4C10H21O4.Ti/c4*1-7(2)12-10(11,13-8(3)4)14-9(5)6;/h4*7-9H,1-6H3;/q4*-1;+4. The molecule has 0 spiro atoms. The summed E-state index contributed by atoms with van der Waals surface area (Å²) < 4.78 is 106. The van der Waals surface area contributed by atoms with Gasteiger partial charge < -0.3 is 0 Å². The van der Waals surface area contributed by atoms with Crippen molar-refractivity contribution in [2.45, 2.75) is 264 Å². The third kappa shape index (κ3) is 23.2. The topological polar surface area (TPSA) is 148 Å². The van der Waals surface area contributed by atoms with E-state index in [-0.39, 0.29) is 0 Å². The van der Waals surface area contributed by atoms with Crippen LogP contribution in [-0.2, 0) is 88.3 Å². The van der Waals surface area contributed by atoms with Gasteiger partial charge in [0.05, 0.1) is 0 Å². The summed E-state index contributed by atoms with van der Waals surface area (Å²) in [6, 6.07) is 0. The third-order valence-corrected chi connectivity index (χ3v) is 8.68. The fraction of sp³-hybridized carbons (Fsp3) is 1.00. The molecule has 0 aromatic carbocycles. The molecule has 0 radical (unpaired) electrons. The van der Waals surface area contributed by atoms with Crippen molar-refractivity contribution in [3.05, 3.63) is 0 Å². The molecule has 344 valence electrons. The van der Waals surface area contributed by atoms with Crippen molar-refractivity contribution in [2.75, 3.05) is 0 Å². The van der Waals surface area contributed by atoms with Crippen molar-refractivity contribution in [2.24, 2.45) is 0 Å². The molecule has 17 heteroatoms. The minimum atomic E-state index is -6.48. The van der Waals surface area contributed by atoms with Crippen molar-refractivity contribution < 1.29 is 88.3 Å². The van der Waals surface area contributed by atoms with E-state index in [9.17, 15) is 0 Å². The zero-order valence-electron chi connectivity index (χ0n) is 40.0. The van der Waals surface area contributed by atoms with E-state index in [1.54, 1.807) is 166 Å². The summed E-state index contributed by atoms with van der Waals surface area (Å²) in [5, 5.41) is 0. The van der Waals surface area contributed by atoms with Gasteiger partial charge in [-0.3, -0.25) is 0 Å². The molecular weight excluding hydrogens is 784 g/mol. The SMILES string of the molecule is CC(C)OC(OC(C)C)(OC(C)C)[O][Ti]([O]C(OC(C)C)(OC(C)C)OC(C)C)([O]C(OC(C)C)(OC(C)C)OC(C)C)[O]C(OC(C)C)(OC(C)C)OC(C)C. The Bertz CT molecular complexity index is 793. The van der Waals surface area contributed by atoms with Crippen LogP contribution in [-0.4, -0.2) is 97.9 Å². The van der Waals surface area contributed by atoms with E-state index in [0.29, 0.717) is 0 Å². The van der Waals surface area contributed by atoms with Gasteiger partial charge in [0.25, 0.3) is 0 Å². The molecule has 57 heavy (non-hydrogen) atoms. The molecule has 0 unspecified atom stereocenters. The molecule has 0 saturated carbocycles. The van der Waals surface area contributed by atoms with Gasteiger partial charge in [-0.25, -0.2) is 0 Å². The van der Waals surface area contributed by atoms with E-state index in [1.165, 1.54) is 0 Å². The van der Waals surface area contributed by atoms with Crippen LogP contribution in [0.5, 0.6) is 0 Å². The Hall–Kier alpha value is 0.0743. The third-order valence-electron chi connectivity index (χ3n) is 5.56. The molecule has 0 fully saturated rings. The molecular formula is C40H84O16Ti. The Morgan fingerprint density at radius 1 is 0.193 bits per heavy atom. The summed E-state index contributed by atoms with van der Waals surface area (Å²) in [5.74, 6) is 0. The van der Waals surface area contributed by atoms with Crippen LogP contribution < -0.4 is 0 Å². The quantitative estimate of drug-likeness (QED) is 0.0467. The summed E-state index contributed by atoms with van der Waals surface area (Å²) in [6.45, 7) is 42.8. The van der Waals surface area contributed by atoms with Gasteiger partial charge in [-0.2, -0.15) is 0 Å². The fourth-order valence-corrected chi connectivity index (χ4v) is 8.03. The maximum absolute atomic E-state index is 7.09. The van der Waals surface area contributed by atoms with Crippen LogP contribution >= 0.6 is 0 Å². The van der Waals surface area contributed by atoms with Crippen LogP contribution in [0.4, 0.5) is 0 Å². The number of rotatable bonds is 32. The molecule has 0 rings (SSSR count). The normalized spacial score (nSPS) is 14.5. The molecule has 16 nitrogen and oxygen atoms in total. The van der Waals surface area contributed by atoms with E-state index < -0.39 is 116 Å². The van der Waals surface area contributed by atoms with Crippen LogP contribution in [0.1, 0.15) is 166 Å². The number of hydrogen-bond acceptors (Lipinski definition) is 16. The van der Waals surface area contributed by atoms with Crippen molar-refractivity contribution in [1.82, 2.24) is 0 Å². The molecule has 0 aromatic heterocycles. The van der Waals surface area contributed by atoms with Gasteiger partial charge in [0.1, 0.15) is 0 Å². The van der Waals surface area contributed by atoms with Gasteiger partial charge >= 0.3 is 352 Å². The van der Waals surface area contributed by atoms with Crippen LogP contribution in [0.3, 0.4) is 0 Å². The summed E-state index contributed by atoms with van der Waals surface area (Å²) in [7, 11) is 0. The number of ether oxygens (including phenoxy) is 12. The Balaban J connectivity index is 9.34. The summed E-state index contributed by atoms with van der Waals surface area (Å²) in [5.41, 5.74) is 0. The van der Waals surface area contributed by atoms with Crippen molar-refractivity contribution in [3.63, 3.8) is 0 Å². The summed E-state index contributed by atoms with van der Waals surface area (Å²) >= 11 is -6.48. The van der Waals surface area contributed by atoms with E-state index in [4.69, 9.17) is 70.1 Å². The number of hydrogen-bond donors (Lipinski definition) is 0. The Morgan fingerprint density at radius 2 is 0.281 bits per heavy atom. The fourth-order valence-electron chi connectivity index (χ4n) is 4.82. The molecule has 0 bridgehead atoms. The summed E-state index contributed by atoms with van der Waals surface area (Å²) in [4.78, 5) is 0. The van der Waals surface area contributed by atoms with Gasteiger partial charge in [-0.1, -0.05) is 0 Å². The van der Waals surface area contributed by atoms with Crippen LogP contribution in [0, 0.1) is 0 Å². The second kappa shape index (κ2) is 25.2. The molecule has 0 heterocycles. The zero-order valence-corrected chi connectivity index (χ0v) is 41.5. The molecule has 0 aliphatic carbocycles. The first-order chi connectivity index (χ1) is 25.8. The first kappa shape index (κ1) is 57.1. The van der Waals surface area contributed by atoms with Gasteiger partial charge in [0, 0.05) is 0 Å². The van der Waals surface area contributed by atoms with Crippen molar-refractivity contribution >= 4 is 0 Å². The minimum absolute atomic E-state index is 0.580. The van der Waals surface area contributed by atoms with Gasteiger partial charge in [0.15, 0.2) is 0 Å². The second-order valence-electron chi connectivity index (χ2n) is 16.9. The molecule has 0 aromatic rings. The Kier molecular flexibility index (Phi) is 25.3. The average Bonchev–Trinajstić information content (AvgIpc) is 2.86. The first-order valence-corrected chi connectivity index (χ1v) is 23.3. The summed E-state index contributed by atoms with van der Waals surface area (Å²) in [6.07, 6.45) is -16.7. The molecule has 0 amide bonds. The van der Waals surface area contributed by atoms with E-state index >= 15 is 0 Å². The van der Waals surface area contributed by atoms with E-state index in [2.05, 4.69) is 0 Å².